The minimum atomic E-state index is -0.0272. The summed E-state index contributed by atoms with van der Waals surface area (Å²) >= 11 is 0. The lowest BCUT2D eigenvalue weighted by atomic mass is 9.99. The maximum Gasteiger partial charge on any atom is 0.306 e. The highest BCUT2D eigenvalue weighted by atomic mass is 16.5. The average Bonchev–Trinajstić information content (AvgIpc) is 2.72. The van der Waals surface area contributed by atoms with Gasteiger partial charge in [0.15, 0.2) is 0 Å². The second-order valence-corrected chi connectivity index (χ2v) is 10.5. The molecule has 0 radical (unpaired) electrons. The Hall–Kier alpha value is -1.06. The molecule has 1 unspecified atom stereocenters. The van der Waals surface area contributed by atoms with Crippen molar-refractivity contribution < 1.29 is 19.1 Å². The van der Waals surface area contributed by atoms with Gasteiger partial charge in [-0.25, -0.2) is 0 Å². The van der Waals surface area contributed by atoms with Gasteiger partial charge < -0.3 is 9.47 Å². The molecule has 0 rings (SSSR count). The van der Waals surface area contributed by atoms with E-state index >= 15 is 0 Å². The van der Waals surface area contributed by atoms with E-state index in [4.69, 9.17) is 9.47 Å². The SMILES string of the molecule is CC(C)CCCOC(=O)CCCCCCCCCCCC(C)CC(=O)OCCCC(C)C. The molecule has 1 atom stereocenters. The molecule has 4 nitrogen and oxygen atoms in total. The highest BCUT2D eigenvalue weighted by Gasteiger charge is 2.10. The summed E-state index contributed by atoms with van der Waals surface area (Å²) in [4.78, 5) is 23.5. The van der Waals surface area contributed by atoms with E-state index in [1.807, 2.05) is 0 Å². The molecule has 0 aliphatic carbocycles. The summed E-state index contributed by atoms with van der Waals surface area (Å²) in [6.07, 6.45) is 17.4. The van der Waals surface area contributed by atoms with Crippen molar-refractivity contribution in [3.05, 3.63) is 0 Å². The largest absolute Gasteiger partial charge is 0.466 e. The van der Waals surface area contributed by atoms with E-state index in [2.05, 4.69) is 34.6 Å². The van der Waals surface area contributed by atoms with Gasteiger partial charge in [-0.05, 0) is 49.9 Å². The van der Waals surface area contributed by atoms with Crippen LogP contribution in [0, 0.1) is 17.8 Å². The van der Waals surface area contributed by atoms with Gasteiger partial charge in [0.05, 0.1) is 13.2 Å². The number of hydrogen-bond donors (Lipinski definition) is 0. The molecule has 0 aromatic heterocycles. The van der Waals surface area contributed by atoms with E-state index in [0.717, 1.165) is 44.9 Å². The summed E-state index contributed by atoms with van der Waals surface area (Å²) in [7, 11) is 0. The highest BCUT2D eigenvalue weighted by Crippen LogP contribution is 2.16. The Kier molecular flexibility index (Phi) is 21.0. The smallest absolute Gasteiger partial charge is 0.306 e. The van der Waals surface area contributed by atoms with Crippen LogP contribution in [0.4, 0.5) is 0 Å². The number of ether oxygens (including phenoxy) is 2. The lowest BCUT2D eigenvalue weighted by molar-refractivity contribution is -0.145. The zero-order chi connectivity index (χ0) is 24.0. The van der Waals surface area contributed by atoms with Crippen LogP contribution in [0.25, 0.3) is 0 Å². The van der Waals surface area contributed by atoms with Crippen LogP contribution in [0.1, 0.15) is 137 Å². The van der Waals surface area contributed by atoms with Gasteiger partial charge in [0.25, 0.3) is 0 Å². The van der Waals surface area contributed by atoms with E-state index in [1.165, 1.54) is 44.9 Å². The van der Waals surface area contributed by atoms with E-state index in [0.29, 0.717) is 43.8 Å². The topological polar surface area (TPSA) is 52.6 Å². The minimum Gasteiger partial charge on any atom is -0.466 e. The Morgan fingerprint density at radius 2 is 0.969 bits per heavy atom. The van der Waals surface area contributed by atoms with Gasteiger partial charge in [0.2, 0.25) is 0 Å². The van der Waals surface area contributed by atoms with Crippen molar-refractivity contribution in [3.8, 4) is 0 Å². The predicted molar refractivity (Wildman–Crippen MR) is 135 cm³/mol. The molecule has 0 saturated carbocycles. The number of carbonyl (C=O) groups is 2. The van der Waals surface area contributed by atoms with Gasteiger partial charge in [0, 0.05) is 12.8 Å². The van der Waals surface area contributed by atoms with Gasteiger partial charge in [-0.15, -0.1) is 0 Å². The monoisotopic (exact) mass is 454 g/mol. The number of unbranched alkanes of at least 4 members (excludes halogenated alkanes) is 8. The molecule has 4 heteroatoms. The third kappa shape index (κ3) is 23.6. The van der Waals surface area contributed by atoms with Gasteiger partial charge in [0.1, 0.15) is 0 Å². The van der Waals surface area contributed by atoms with Crippen molar-refractivity contribution in [2.75, 3.05) is 13.2 Å². The van der Waals surface area contributed by atoms with E-state index in [9.17, 15) is 9.59 Å². The Balaban J connectivity index is 3.36. The molecule has 0 heterocycles. The molecule has 0 bridgehead atoms. The van der Waals surface area contributed by atoms with Crippen LogP contribution in [0.2, 0.25) is 0 Å². The van der Waals surface area contributed by atoms with Crippen molar-refractivity contribution >= 4 is 11.9 Å². The summed E-state index contributed by atoms with van der Waals surface area (Å²) in [6.45, 7) is 12.1. The molecule has 0 aliphatic rings. The Morgan fingerprint density at radius 1 is 0.531 bits per heavy atom. The maximum atomic E-state index is 11.9. The molecule has 0 spiro atoms. The summed E-state index contributed by atoms with van der Waals surface area (Å²) in [5.41, 5.74) is 0. The van der Waals surface area contributed by atoms with Crippen molar-refractivity contribution in [3.63, 3.8) is 0 Å². The van der Waals surface area contributed by atoms with Crippen LogP contribution in [-0.2, 0) is 19.1 Å². The van der Waals surface area contributed by atoms with Crippen LogP contribution in [0.15, 0.2) is 0 Å². The standard InChI is InChI=1S/C28H54O4/c1-24(2)17-15-21-31-27(29)20-14-12-10-8-6-7-9-11-13-19-26(5)23-28(30)32-22-16-18-25(3)4/h24-26H,6-23H2,1-5H3. The van der Waals surface area contributed by atoms with E-state index < -0.39 is 0 Å². The van der Waals surface area contributed by atoms with E-state index in [1.54, 1.807) is 0 Å². The molecule has 0 saturated heterocycles. The zero-order valence-corrected chi connectivity index (χ0v) is 22.1. The molecule has 0 aliphatic heterocycles. The lowest BCUT2D eigenvalue weighted by Gasteiger charge is -2.11. The zero-order valence-electron chi connectivity index (χ0n) is 22.1. The normalized spacial score (nSPS) is 12.3. The first kappa shape index (κ1) is 30.9. The fourth-order valence-electron chi connectivity index (χ4n) is 3.87. The van der Waals surface area contributed by atoms with Crippen LogP contribution in [0.3, 0.4) is 0 Å². The first-order valence-corrected chi connectivity index (χ1v) is 13.6. The molecular weight excluding hydrogens is 400 g/mol. The molecule has 0 aromatic carbocycles. The summed E-state index contributed by atoms with van der Waals surface area (Å²) in [6, 6.07) is 0. The van der Waals surface area contributed by atoms with Crippen molar-refractivity contribution in [1.82, 2.24) is 0 Å². The van der Waals surface area contributed by atoms with Crippen LogP contribution in [-0.4, -0.2) is 25.2 Å². The number of esters is 2. The van der Waals surface area contributed by atoms with Crippen molar-refractivity contribution in [1.29, 1.82) is 0 Å². The Morgan fingerprint density at radius 3 is 1.47 bits per heavy atom. The molecule has 0 fully saturated rings. The first-order chi connectivity index (χ1) is 15.3. The lowest BCUT2D eigenvalue weighted by Crippen LogP contribution is -2.11. The number of carbonyl (C=O) groups excluding carboxylic acids is 2. The van der Waals surface area contributed by atoms with Gasteiger partial charge in [-0.3, -0.25) is 9.59 Å². The fraction of sp³-hybridized carbons (Fsp3) is 0.929. The fourth-order valence-corrected chi connectivity index (χ4v) is 3.87. The van der Waals surface area contributed by atoms with Crippen molar-refractivity contribution in [2.24, 2.45) is 17.8 Å². The van der Waals surface area contributed by atoms with Crippen LogP contribution < -0.4 is 0 Å². The Bertz CT molecular complexity index is 445. The third-order valence-electron chi connectivity index (χ3n) is 5.97. The third-order valence-corrected chi connectivity index (χ3v) is 5.97. The average molecular weight is 455 g/mol. The number of rotatable bonds is 22. The number of hydrogen-bond acceptors (Lipinski definition) is 4. The van der Waals surface area contributed by atoms with Crippen LogP contribution >= 0.6 is 0 Å². The minimum absolute atomic E-state index is 0.0256. The van der Waals surface area contributed by atoms with Gasteiger partial charge in [-0.1, -0.05) is 92.4 Å². The Labute approximate surface area is 199 Å². The summed E-state index contributed by atoms with van der Waals surface area (Å²) in [5, 5.41) is 0. The molecular formula is C28H54O4. The van der Waals surface area contributed by atoms with Gasteiger partial charge in [-0.2, -0.15) is 0 Å². The molecule has 0 amide bonds. The van der Waals surface area contributed by atoms with E-state index in [-0.39, 0.29) is 11.9 Å². The quantitative estimate of drug-likeness (QED) is 0.122. The molecule has 190 valence electrons. The van der Waals surface area contributed by atoms with Crippen molar-refractivity contribution in [2.45, 2.75) is 137 Å². The predicted octanol–water partition coefficient (Wildman–Crippen LogP) is 8.26. The van der Waals surface area contributed by atoms with Gasteiger partial charge >= 0.3 is 11.9 Å². The molecule has 0 aromatic rings. The molecule has 32 heavy (non-hydrogen) atoms. The maximum absolute atomic E-state index is 11.9. The summed E-state index contributed by atoms with van der Waals surface area (Å²) in [5.74, 6) is 1.72. The second kappa shape index (κ2) is 21.8. The van der Waals surface area contributed by atoms with Crippen LogP contribution in [0.5, 0.6) is 0 Å². The molecule has 0 N–H and O–H groups in total. The highest BCUT2D eigenvalue weighted by molar-refractivity contribution is 5.69. The first-order valence-electron chi connectivity index (χ1n) is 13.6. The second-order valence-electron chi connectivity index (χ2n) is 10.5. The summed E-state index contributed by atoms with van der Waals surface area (Å²) < 4.78 is 10.6.